The topological polar surface area (TPSA) is 66.4 Å². The Kier molecular flexibility index (Phi) is 5.26. The molecule has 23 heavy (non-hydrogen) atoms. The van der Waals surface area contributed by atoms with Gasteiger partial charge in [-0.3, -0.25) is 9.59 Å². The molecule has 0 unspecified atom stereocenters. The van der Waals surface area contributed by atoms with E-state index in [1.54, 1.807) is 11.8 Å². The summed E-state index contributed by atoms with van der Waals surface area (Å²) in [6.07, 6.45) is 5.00. The third kappa shape index (κ3) is 4.99. The first kappa shape index (κ1) is 16.4. The second-order valence-electron chi connectivity index (χ2n) is 6.59. The smallest absolute Gasteiger partial charge is 0.304 e. The Morgan fingerprint density at radius 3 is 2.52 bits per heavy atom. The zero-order chi connectivity index (χ0) is 16.2. The van der Waals surface area contributed by atoms with Crippen LogP contribution in [0.25, 0.3) is 0 Å². The summed E-state index contributed by atoms with van der Waals surface area (Å²) >= 11 is 1.60. The molecule has 2 saturated carbocycles. The Labute approximate surface area is 141 Å². The van der Waals surface area contributed by atoms with Gasteiger partial charge in [-0.1, -0.05) is 12.1 Å². The molecule has 0 atom stereocenters. The van der Waals surface area contributed by atoms with Crippen LogP contribution in [0, 0.1) is 17.8 Å². The highest BCUT2D eigenvalue weighted by atomic mass is 32.2. The second kappa shape index (κ2) is 7.39. The van der Waals surface area contributed by atoms with E-state index in [4.69, 9.17) is 5.11 Å². The van der Waals surface area contributed by atoms with Gasteiger partial charge in [0.25, 0.3) is 0 Å². The Morgan fingerprint density at radius 1 is 1.22 bits per heavy atom. The van der Waals surface area contributed by atoms with Crippen molar-refractivity contribution in [2.75, 3.05) is 11.1 Å². The molecule has 2 aliphatic rings. The van der Waals surface area contributed by atoms with Crippen LogP contribution in [-0.2, 0) is 15.3 Å². The molecule has 1 aromatic carbocycles. The van der Waals surface area contributed by atoms with Crippen molar-refractivity contribution in [1.82, 2.24) is 0 Å². The van der Waals surface area contributed by atoms with Crippen LogP contribution in [0.3, 0.4) is 0 Å². The van der Waals surface area contributed by atoms with E-state index in [0.29, 0.717) is 17.6 Å². The molecule has 2 fully saturated rings. The number of carbonyl (C=O) groups excluding carboxylic acids is 1. The van der Waals surface area contributed by atoms with Crippen LogP contribution >= 0.6 is 11.8 Å². The van der Waals surface area contributed by atoms with E-state index >= 15 is 0 Å². The number of nitrogens with one attached hydrogen (secondary N) is 1. The van der Waals surface area contributed by atoms with E-state index in [9.17, 15) is 9.59 Å². The molecule has 0 radical (unpaired) electrons. The molecule has 124 valence electrons. The predicted octanol–water partition coefficient (Wildman–Crippen LogP) is 3.77. The maximum Gasteiger partial charge on any atom is 0.304 e. The van der Waals surface area contributed by atoms with Crippen LogP contribution in [0.4, 0.5) is 5.69 Å². The molecular weight excluding hydrogens is 310 g/mol. The first-order chi connectivity index (χ1) is 11.1. The molecule has 2 N–H and O–H groups in total. The lowest BCUT2D eigenvalue weighted by atomic mass is 9.97. The van der Waals surface area contributed by atoms with E-state index in [2.05, 4.69) is 5.32 Å². The number of hydrogen-bond acceptors (Lipinski definition) is 3. The lowest BCUT2D eigenvalue weighted by Crippen LogP contribution is -2.26. The van der Waals surface area contributed by atoms with E-state index in [0.717, 1.165) is 17.0 Å². The van der Waals surface area contributed by atoms with E-state index in [1.165, 1.54) is 25.7 Å². The molecule has 0 heterocycles. The van der Waals surface area contributed by atoms with E-state index in [1.807, 2.05) is 24.3 Å². The average molecular weight is 333 g/mol. The van der Waals surface area contributed by atoms with Gasteiger partial charge in [-0.25, -0.2) is 0 Å². The van der Waals surface area contributed by atoms with Crippen molar-refractivity contribution < 1.29 is 14.7 Å². The minimum Gasteiger partial charge on any atom is -0.481 e. The molecule has 0 bridgehead atoms. The highest BCUT2D eigenvalue weighted by molar-refractivity contribution is 7.98. The summed E-state index contributed by atoms with van der Waals surface area (Å²) in [6, 6.07) is 7.90. The summed E-state index contributed by atoms with van der Waals surface area (Å²) in [5.41, 5.74) is 1.98. The lowest BCUT2D eigenvalue weighted by molar-refractivity contribution is -0.136. The van der Waals surface area contributed by atoms with Gasteiger partial charge in [0.1, 0.15) is 0 Å². The lowest BCUT2D eigenvalue weighted by Gasteiger charge is -2.15. The molecule has 3 rings (SSSR count). The number of hydrogen-bond donors (Lipinski definition) is 2. The largest absolute Gasteiger partial charge is 0.481 e. The molecular formula is C18H23NO3S. The summed E-state index contributed by atoms with van der Waals surface area (Å²) in [5, 5.41) is 11.7. The predicted molar refractivity (Wildman–Crippen MR) is 92.4 cm³/mol. The van der Waals surface area contributed by atoms with Gasteiger partial charge in [0, 0.05) is 23.1 Å². The van der Waals surface area contributed by atoms with Crippen LogP contribution in [0.2, 0.25) is 0 Å². The van der Waals surface area contributed by atoms with Crippen molar-refractivity contribution in [1.29, 1.82) is 0 Å². The summed E-state index contributed by atoms with van der Waals surface area (Å²) in [6.45, 7) is 0. The second-order valence-corrected chi connectivity index (χ2v) is 7.69. The van der Waals surface area contributed by atoms with Crippen LogP contribution in [0.15, 0.2) is 24.3 Å². The molecule has 0 spiro atoms. The van der Waals surface area contributed by atoms with Crippen LogP contribution in [-0.4, -0.2) is 22.7 Å². The van der Waals surface area contributed by atoms with Gasteiger partial charge in [0.05, 0.1) is 6.42 Å². The molecule has 1 aromatic rings. The zero-order valence-corrected chi connectivity index (χ0v) is 14.0. The Bertz CT molecular complexity index is 569. The first-order valence-electron chi connectivity index (χ1n) is 8.33. The van der Waals surface area contributed by atoms with Gasteiger partial charge in [0.2, 0.25) is 5.91 Å². The molecule has 5 heteroatoms. The fraction of sp³-hybridized carbons (Fsp3) is 0.556. The van der Waals surface area contributed by atoms with Crippen molar-refractivity contribution >= 4 is 29.3 Å². The molecule has 0 aliphatic heterocycles. The molecule has 2 aliphatic carbocycles. The maximum absolute atomic E-state index is 12.5. The van der Waals surface area contributed by atoms with Crippen molar-refractivity contribution in [2.45, 2.75) is 37.9 Å². The summed E-state index contributed by atoms with van der Waals surface area (Å²) in [4.78, 5) is 23.0. The van der Waals surface area contributed by atoms with Gasteiger partial charge in [-0.15, -0.1) is 0 Å². The number of benzene rings is 1. The summed E-state index contributed by atoms with van der Waals surface area (Å²) in [5.74, 6) is 2.23. The number of carbonyl (C=O) groups is 2. The third-order valence-electron chi connectivity index (χ3n) is 4.49. The van der Waals surface area contributed by atoms with Crippen molar-refractivity contribution in [3.8, 4) is 0 Å². The number of carboxylic acids is 1. The van der Waals surface area contributed by atoms with Gasteiger partial charge in [-0.2, -0.15) is 11.8 Å². The van der Waals surface area contributed by atoms with Gasteiger partial charge in [0.15, 0.2) is 0 Å². The monoisotopic (exact) mass is 333 g/mol. The minimum atomic E-state index is -0.760. The fourth-order valence-corrected chi connectivity index (χ4v) is 3.92. The number of anilines is 1. The number of amides is 1. The van der Waals surface area contributed by atoms with Gasteiger partial charge in [-0.05, 0) is 55.2 Å². The summed E-state index contributed by atoms with van der Waals surface area (Å²) in [7, 11) is 0. The van der Waals surface area contributed by atoms with E-state index in [-0.39, 0.29) is 18.2 Å². The number of thioether (sulfide) groups is 1. The fourth-order valence-electron chi connectivity index (χ4n) is 3.04. The number of rotatable bonds is 9. The normalized spacial score (nSPS) is 17.3. The van der Waals surface area contributed by atoms with Crippen molar-refractivity contribution in [3.05, 3.63) is 29.8 Å². The maximum atomic E-state index is 12.5. The quantitative estimate of drug-likeness (QED) is 0.675. The number of carboxylic acid groups (broad SMARTS) is 1. The SMILES string of the molecule is O=C(O)CCSCc1cccc(NC(=O)C(C2CC2)C2CC2)c1. The number of aliphatic carboxylic acids is 1. The Morgan fingerprint density at radius 2 is 1.91 bits per heavy atom. The van der Waals surface area contributed by atoms with Crippen LogP contribution in [0.1, 0.15) is 37.7 Å². The highest BCUT2D eigenvalue weighted by Crippen LogP contribution is 2.49. The van der Waals surface area contributed by atoms with Crippen LogP contribution in [0.5, 0.6) is 0 Å². The molecule has 4 nitrogen and oxygen atoms in total. The highest BCUT2D eigenvalue weighted by Gasteiger charge is 2.45. The van der Waals surface area contributed by atoms with Crippen molar-refractivity contribution in [2.24, 2.45) is 17.8 Å². The molecule has 0 aromatic heterocycles. The first-order valence-corrected chi connectivity index (χ1v) is 9.48. The minimum absolute atomic E-state index is 0.186. The van der Waals surface area contributed by atoms with Crippen LogP contribution < -0.4 is 5.32 Å². The average Bonchev–Trinajstić information content (AvgIpc) is 3.39. The zero-order valence-electron chi connectivity index (χ0n) is 13.2. The summed E-state index contributed by atoms with van der Waals surface area (Å²) < 4.78 is 0. The van der Waals surface area contributed by atoms with Gasteiger partial charge < -0.3 is 10.4 Å². The Balaban J connectivity index is 1.52. The van der Waals surface area contributed by atoms with E-state index < -0.39 is 5.97 Å². The van der Waals surface area contributed by atoms with Gasteiger partial charge >= 0.3 is 5.97 Å². The molecule has 1 amide bonds. The van der Waals surface area contributed by atoms with Crippen molar-refractivity contribution in [3.63, 3.8) is 0 Å². The molecule has 0 saturated heterocycles. The standard InChI is InChI=1S/C18H23NO3S/c20-16(21)8-9-23-11-12-2-1-3-15(10-12)19-18(22)17(13-4-5-13)14-6-7-14/h1-3,10,13-14,17H,4-9,11H2,(H,19,22)(H,20,21). The Hall–Kier alpha value is -1.49. The third-order valence-corrected chi connectivity index (χ3v) is 5.52.